The molecule has 2 aromatic heterocycles. The van der Waals surface area contributed by atoms with Gasteiger partial charge in [0, 0.05) is 35.1 Å². The maximum atomic E-state index is 10.7. The Morgan fingerprint density at radius 1 is 0.968 bits per heavy atom. The monoisotopic (exact) mass is 454 g/mol. The van der Waals surface area contributed by atoms with Crippen LogP contribution >= 0.6 is 23.2 Å². The van der Waals surface area contributed by atoms with Gasteiger partial charge in [-0.3, -0.25) is 10.1 Å². The van der Waals surface area contributed by atoms with Gasteiger partial charge in [0.05, 0.1) is 15.5 Å². The van der Waals surface area contributed by atoms with E-state index >= 15 is 0 Å². The average Bonchev–Trinajstić information content (AvgIpc) is 2.76. The number of para-hydroxylation sites is 1. The predicted molar refractivity (Wildman–Crippen MR) is 123 cm³/mol. The standard InChI is InChI=1S/C21H16Cl2N6O2/c22-13-5-7-15(17(23)11-13)21-27-18-4-2-1-3-16(18)20(28-21)25-10-9-24-19-8-6-14(12-26-19)29(30)31/h1-8,11-12H,9-10H2,(H,24,26)(H,25,27,28). The number of anilines is 2. The van der Waals surface area contributed by atoms with Gasteiger partial charge in [-0.15, -0.1) is 0 Å². The number of aromatic nitrogens is 3. The minimum Gasteiger partial charge on any atom is -0.368 e. The average molecular weight is 455 g/mol. The second-order valence-electron chi connectivity index (χ2n) is 6.55. The lowest BCUT2D eigenvalue weighted by atomic mass is 10.2. The first-order chi connectivity index (χ1) is 15.0. The summed E-state index contributed by atoms with van der Waals surface area (Å²) in [5, 5.41) is 19.0. The van der Waals surface area contributed by atoms with E-state index in [9.17, 15) is 10.1 Å². The molecule has 0 aliphatic carbocycles. The Morgan fingerprint density at radius 2 is 1.77 bits per heavy atom. The smallest absolute Gasteiger partial charge is 0.287 e. The van der Waals surface area contributed by atoms with Crippen molar-refractivity contribution in [3.8, 4) is 11.4 Å². The number of fused-ring (bicyclic) bond motifs is 1. The van der Waals surface area contributed by atoms with Crippen LogP contribution in [0.2, 0.25) is 10.0 Å². The van der Waals surface area contributed by atoms with E-state index in [1.165, 1.54) is 12.3 Å². The summed E-state index contributed by atoms with van der Waals surface area (Å²) in [6, 6.07) is 15.9. The molecular formula is C21H16Cl2N6O2. The van der Waals surface area contributed by atoms with Crippen molar-refractivity contribution in [3.63, 3.8) is 0 Å². The zero-order valence-electron chi connectivity index (χ0n) is 16.0. The number of nitrogens with zero attached hydrogens (tertiary/aromatic N) is 4. The van der Waals surface area contributed by atoms with E-state index in [4.69, 9.17) is 23.2 Å². The van der Waals surface area contributed by atoms with Crippen LogP contribution in [0.4, 0.5) is 17.3 Å². The SMILES string of the molecule is O=[N+]([O-])c1ccc(NCCNc2nc(-c3ccc(Cl)cc3Cl)nc3ccccc23)nc1. The third-order valence-electron chi connectivity index (χ3n) is 4.46. The second kappa shape index (κ2) is 9.11. The molecule has 0 bridgehead atoms. The fourth-order valence-corrected chi connectivity index (χ4v) is 3.47. The Morgan fingerprint density at radius 3 is 2.52 bits per heavy atom. The lowest BCUT2D eigenvalue weighted by molar-refractivity contribution is -0.385. The van der Waals surface area contributed by atoms with Crippen LogP contribution in [0.25, 0.3) is 22.3 Å². The third-order valence-corrected chi connectivity index (χ3v) is 5.01. The zero-order valence-corrected chi connectivity index (χ0v) is 17.6. The van der Waals surface area contributed by atoms with Crippen LogP contribution in [0, 0.1) is 10.1 Å². The summed E-state index contributed by atoms with van der Waals surface area (Å²) in [4.78, 5) is 23.6. The van der Waals surface area contributed by atoms with Crippen LogP contribution in [-0.2, 0) is 0 Å². The third kappa shape index (κ3) is 4.82. The predicted octanol–water partition coefficient (Wildman–Crippen LogP) is 5.43. The van der Waals surface area contributed by atoms with E-state index in [1.54, 1.807) is 24.3 Å². The molecule has 10 heteroatoms. The minimum atomic E-state index is -0.483. The van der Waals surface area contributed by atoms with Crippen molar-refractivity contribution in [3.05, 3.63) is 81.0 Å². The summed E-state index contributed by atoms with van der Waals surface area (Å²) in [7, 11) is 0. The molecular weight excluding hydrogens is 439 g/mol. The number of rotatable bonds is 7. The van der Waals surface area contributed by atoms with Gasteiger partial charge in [-0.25, -0.2) is 15.0 Å². The van der Waals surface area contributed by atoms with Crippen molar-refractivity contribution in [1.82, 2.24) is 15.0 Å². The zero-order chi connectivity index (χ0) is 21.8. The first-order valence-electron chi connectivity index (χ1n) is 9.31. The second-order valence-corrected chi connectivity index (χ2v) is 7.39. The Bertz CT molecular complexity index is 1250. The molecule has 0 atom stereocenters. The minimum absolute atomic E-state index is 0.0514. The molecule has 4 aromatic rings. The molecule has 2 heterocycles. The van der Waals surface area contributed by atoms with Crippen LogP contribution in [-0.4, -0.2) is 33.0 Å². The number of hydrogen-bond acceptors (Lipinski definition) is 7. The molecule has 0 radical (unpaired) electrons. The Balaban J connectivity index is 1.52. The normalized spacial score (nSPS) is 10.8. The Labute approximate surface area is 187 Å². The lowest BCUT2D eigenvalue weighted by Gasteiger charge is -2.12. The van der Waals surface area contributed by atoms with Gasteiger partial charge in [0.15, 0.2) is 5.82 Å². The van der Waals surface area contributed by atoms with Crippen LogP contribution in [0.1, 0.15) is 0 Å². The van der Waals surface area contributed by atoms with E-state index in [1.807, 2.05) is 24.3 Å². The van der Waals surface area contributed by atoms with Gasteiger partial charge in [0.25, 0.3) is 5.69 Å². The van der Waals surface area contributed by atoms with Crippen molar-refractivity contribution >= 4 is 51.4 Å². The molecule has 156 valence electrons. The first-order valence-corrected chi connectivity index (χ1v) is 10.1. The van der Waals surface area contributed by atoms with Crippen molar-refractivity contribution in [2.24, 2.45) is 0 Å². The molecule has 0 saturated heterocycles. The topological polar surface area (TPSA) is 106 Å². The summed E-state index contributed by atoms with van der Waals surface area (Å²) < 4.78 is 0. The summed E-state index contributed by atoms with van der Waals surface area (Å²) >= 11 is 12.4. The van der Waals surface area contributed by atoms with Gasteiger partial charge >= 0.3 is 0 Å². The van der Waals surface area contributed by atoms with Gasteiger partial charge in [0.1, 0.15) is 17.8 Å². The fourth-order valence-electron chi connectivity index (χ4n) is 2.97. The summed E-state index contributed by atoms with van der Waals surface area (Å²) in [5.41, 5.74) is 1.42. The maximum Gasteiger partial charge on any atom is 0.287 e. The molecule has 4 rings (SSSR count). The molecule has 31 heavy (non-hydrogen) atoms. The van der Waals surface area contributed by atoms with Crippen molar-refractivity contribution in [1.29, 1.82) is 0 Å². The Hall–Kier alpha value is -3.49. The summed E-state index contributed by atoms with van der Waals surface area (Å²) in [5.74, 6) is 1.71. The van der Waals surface area contributed by atoms with E-state index in [0.717, 1.165) is 10.9 Å². The first kappa shape index (κ1) is 20.8. The maximum absolute atomic E-state index is 10.7. The number of hydrogen-bond donors (Lipinski definition) is 2. The quantitative estimate of drug-likeness (QED) is 0.217. The van der Waals surface area contributed by atoms with Crippen LogP contribution in [0.15, 0.2) is 60.8 Å². The highest BCUT2D eigenvalue weighted by atomic mass is 35.5. The van der Waals surface area contributed by atoms with Crippen molar-refractivity contribution < 1.29 is 4.92 Å². The Kier molecular flexibility index (Phi) is 6.11. The number of nitrogens with one attached hydrogen (secondary N) is 2. The molecule has 0 aliphatic heterocycles. The van der Waals surface area contributed by atoms with E-state index in [2.05, 4.69) is 25.6 Å². The number of nitro groups is 1. The van der Waals surface area contributed by atoms with E-state index in [-0.39, 0.29) is 5.69 Å². The van der Waals surface area contributed by atoms with Gasteiger partial charge in [-0.1, -0.05) is 35.3 Å². The van der Waals surface area contributed by atoms with Gasteiger partial charge in [0.2, 0.25) is 0 Å². The van der Waals surface area contributed by atoms with Gasteiger partial charge in [-0.05, 0) is 36.4 Å². The molecule has 2 N–H and O–H groups in total. The molecule has 8 nitrogen and oxygen atoms in total. The summed E-state index contributed by atoms with van der Waals surface area (Å²) in [6.45, 7) is 1.06. The highest BCUT2D eigenvalue weighted by molar-refractivity contribution is 6.36. The molecule has 0 amide bonds. The molecule has 0 aliphatic rings. The van der Waals surface area contributed by atoms with Crippen LogP contribution in [0.5, 0.6) is 0 Å². The summed E-state index contributed by atoms with van der Waals surface area (Å²) in [6.07, 6.45) is 1.22. The van der Waals surface area contributed by atoms with Crippen LogP contribution in [0.3, 0.4) is 0 Å². The van der Waals surface area contributed by atoms with E-state index in [0.29, 0.717) is 46.2 Å². The number of benzene rings is 2. The highest BCUT2D eigenvalue weighted by Crippen LogP contribution is 2.31. The van der Waals surface area contributed by atoms with Gasteiger partial charge < -0.3 is 10.6 Å². The molecule has 0 spiro atoms. The number of halogens is 2. The largest absolute Gasteiger partial charge is 0.368 e. The number of pyridine rings is 1. The molecule has 0 unspecified atom stereocenters. The highest BCUT2D eigenvalue weighted by Gasteiger charge is 2.12. The lowest BCUT2D eigenvalue weighted by Crippen LogP contribution is -2.15. The fraction of sp³-hybridized carbons (Fsp3) is 0.0952. The van der Waals surface area contributed by atoms with Gasteiger partial charge in [-0.2, -0.15) is 0 Å². The van der Waals surface area contributed by atoms with Crippen molar-refractivity contribution in [2.45, 2.75) is 0 Å². The van der Waals surface area contributed by atoms with Crippen molar-refractivity contribution in [2.75, 3.05) is 23.7 Å². The molecule has 0 saturated carbocycles. The molecule has 2 aromatic carbocycles. The molecule has 0 fully saturated rings. The van der Waals surface area contributed by atoms with Crippen LogP contribution < -0.4 is 10.6 Å². The van der Waals surface area contributed by atoms with E-state index < -0.39 is 4.92 Å².